The van der Waals surface area contributed by atoms with Gasteiger partial charge < -0.3 is 16.0 Å². The van der Waals surface area contributed by atoms with Crippen LogP contribution in [-0.2, 0) is 14.8 Å². The number of nitrogen functional groups attached to an aromatic ring is 1. The Labute approximate surface area is 118 Å². The number of nitrogens with zero attached hydrogens (tertiary/aromatic N) is 1. The minimum atomic E-state index is -3.83. The number of nitrogens with two attached hydrogens (primary N) is 2. The maximum Gasteiger partial charge on any atom is 0.242 e. The van der Waals surface area contributed by atoms with E-state index in [2.05, 4.69) is 5.32 Å². The lowest BCUT2D eigenvalue weighted by Gasteiger charge is -2.36. The first-order valence-electron chi connectivity index (χ1n) is 6.31. The summed E-state index contributed by atoms with van der Waals surface area (Å²) in [7, 11) is -3.83. The van der Waals surface area contributed by atoms with E-state index in [0.717, 1.165) is 5.69 Å². The van der Waals surface area contributed by atoms with E-state index in [1.54, 1.807) is 12.1 Å². The third kappa shape index (κ3) is 2.70. The second-order valence-corrected chi connectivity index (χ2v) is 6.21. The van der Waals surface area contributed by atoms with Crippen LogP contribution in [-0.4, -0.2) is 33.5 Å². The third-order valence-electron chi connectivity index (χ3n) is 3.35. The summed E-state index contributed by atoms with van der Waals surface area (Å²) < 4.78 is 22.7. The summed E-state index contributed by atoms with van der Waals surface area (Å²) in [5, 5.41) is 7.88. The molecule has 110 valence electrons. The maximum atomic E-state index is 11.8. The topological polar surface area (TPSA) is 119 Å². The average Bonchev–Trinajstić information content (AvgIpc) is 2.36. The number of nitrogens with one attached hydrogen (secondary N) is 1. The molecule has 0 aromatic heterocycles. The van der Waals surface area contributed by atoms with Crippen LogP contribution < -0.4 is 21.1 Å². The normalized spacial score (nSPS) is 19.8. The SMILES string of the molecule is CCC1C(=O)NCCN1c1ccc(S(N)(=O)=O)c(N)c1. The molecule has 7 nitrogen and oxygen atoms in total. The zero-order valence-electron chi connectivity index (χ0n) is 11.2. The van der Waals surface area contributed by atoms with Crippen molar-refractivity contribution in [3.8, 4) is 0 Å². The molecule has 1 saturated heterocycles. The van der Waals surface area contributed by atoms with Crippen molar-refractivity contribution in [3.05, 3.63) is 18.2 Å². The van der Waals surface area contributed by atoms with Gasteiger partial charge in [-0.3, -0.25) is 4.79 Å². The standard InChI is InChI=1S/C12H18N4O3S/c1-2-10-12(17)15-5-6-16(10)8-3-4-11(9(13)7-8)20(14,18)19/h3-4,7,10H,2,5-6,13H2,1H3,(H,15,17)(H2,14,18,19). The van der Waals surface area contributed by atoms with Crippen molar-refractivity contribution in [2.45, 2.75) is 24.3 Å². The minimum Gasteiger partial charge on any atom is -0.398 e. The smallest absolute Gasteiger partial charge is 0.242 e. The number of carbonyl (C=O) groups excluding carboxylic acids is 1. The fourth-order valence-electron chi connectivity index (χ4n) is 2.40. The highest BCUT2D eigenvalue weighted by Crippen LogP contribution is 2.26. The molecule has 1 aromatic carbocycles. The first-order chi connectivity index (χ1) is 9.34. The monoisotopic (exact) mass is 298 g/mol. The molecule has 0 bridgehead atoms. The summed E-state index contributed by atoms with van der Waals surface area (Å²) >= 11 is 0. The largest absolute Gasteiger partial charge is 0.398 e. The predicted octanol–water partition coefficient (Wildman–Crippen LogP) is -0.369. The van der Waals surface area contributed by atoms with Gasteiger partial charge in [0.15, 0.2) is 0 Å². The van der Waals surface area contributed by atoms with Crippen LogP contribution in [0.5, 0.6) is 0 Å². The Balaban J connectivity index is 2.38. The van der Waals surface area contributed by atoms with E-state index in [1.165, 1.54) is 6.07 Å². The highest BCUT2D eigenvalue weighted by molar-refractivity contribution is 7.89. The fraction of sp³-hybridized carbons (Fsp3) is 0.417. The van der Waals surface area contributed by atoms with E-state index in [9.17, 15) is 13.2 Å². The van der Waals surface area contributed by atoms with E-state index in [1.807, 2.05) is 11.8 Å². The Bertz CT molecular complexity index is 630. The van der Waals surface area contributed by atoms with Crippen molar-refractivity contribution in [1.29, 1.82) is 0 Å². The van der Waals surface area contributed by atoms with Crippen molar-refractivity contribution in [3.63, 3.8) is 0 Å². The molecule has 1 aromatic rings. The molecule has 0 aliphatic carbocycles. The van der Waals surface area contributed by atoms with Gasteiger partial charge in [-0.2, -0.15) is 0 Å². The Hall–Kier alpha value is -1.80. The van der Waals surface area contributed by atoms with Gasteiger partial charge in [0, 0.05) is 18.8 Å². The van der Waals surface area contributed by atoms with Gasteiger partial charge in [-0.1, -0.05) is 6.92 Å². The lowest BCUT2D eigenvalue weighted by Crippen LogP contribution is -2.55. The number of anilines is 2. The molecule has 1 atom stereocenters. The molecule has 20 heavy (non-hydrogen) atoms. The van der Waals surface area contributed by atoms with E-state index in [0.29, 0.717) is 19.5 Å². The van der Waals surface area contributed by atoms with E-state index >= 15 is 0 Å². The molecule has 1 unspecified atom stereocenters. The van der Waals surface area contributed by atoms with Crippen molar-refractivity contribution in [2.24, 2.45) is 5.14 Å². The summed E-state index contributed by atoms with van der Waals surface area (Å²) in [4.78, 5) is 13.6. The van der Waals surface area contributed by atoms with Gasteiger partial charge in [-0.15, -0.1) is 0 Å². The molecule has 0 saturated carbocycles. The number of hydrogen-bond donors (Lipinski definition) is 3. The summed E-state index contributed by atoms with van der Waals surface area (Å²) in [5.74, 6) is -0.0344. The van der Waals surface area contributed by atoms with Crippen LogP contribution in [0.1, 0.15) is 13.3 Å². The van der Waals surface area contributed by atoms with Gasteiger partial charge in [0.1, 0.15) is 10.9 Å². The molecule has 0 spiro atoms. The third-order valence-corrected chi connectivity index (χ3v) is 4.33. The molecule has 2 rings (SSSR count). The average molecular weight is 298 g/mol. The summed E-state index contributed by atoms with van der Waals surface area (Å²) in [6.07, 6.45) is 0.655. The van der Waals surface area contributed by atoms with Crippen LogP contribution in [0, 0.1) is 0 Å². The van der Waals surface area contributed by atoms with Crippen LogP contribution >= 0.6 is 0 Å². The molecule has 1 aliphatic rings. The lowest BCUT2D eigenvalue weighted by molar-refractivity contribution is -0.123. The van der Waals surface area contributed by atoms with Gasteiger partial charge in [-0.05, 0) is 24.6 Å². The van der Waals surface area contributed by atoms with Gasteiger partial charge in [0.25, 0.3) is 0 Å². The number of piperazine rings is 1. The first kappa shape index (κ1) is 14.6. The molecule has 8 heteroatoms. The molecule has 1 fully saturated rings. The number of amides is 1. The number of hydrogen-bond acceptors (Lipinski definition) is 5. The van der Waals surface area contributed by atoms with Crippen LogP contribution in [0.25, 0.3) is 0 Å². The highest BCUT2D eigenvalue weighted by Gasteiger charge is 2.28. The second kappa shape index (κ2) is 5.29. The Kier molecular flexibility index (Phi) is 3.87. The molecular formula is C12H18N4O3S. The van der Waals surface area contributed by atoms with Crippen LogP contribution in [0.4, 0.5) is 11.4 Å². The first-order valence-corrected chi connectivity index (χ1v) is 7.86. The lowest BCUT2D eigenvalue weighted by atomic mass is 10.1. The zero-order chi connectivity index (χ0) is 14.9. The molecular weight excluding hydrogens is 280 g/mol. The fourth-order valence-corrected chi connectivity index (χ4v) is 3.05. The summed E-state index contributed by atoms with van der Waals surface area (Å²) in [5.41, 5.74) is 6.56. The highest BCUT2D eigenvalue weighted by atomic mass is 32.2. The van der Waals surface area contributed by atoms with Crippen molar-refractivity contribution >= 4 is 27.3 Å². The number of benzene rings is 1. The van der Waals surface area contributed by atoms with Gasteiger partial charge in [0.2, 0.25) is 15.9 Å². The minimum absolute atomic E-state index is 0.0344. The van der Waals surface area contributed by atoms with Crippen molar-refractivity contribution in [2.75, 3.05) is 23.7 Å². The number of rotatable bonds is 3. The molecule has 5 N–H and O–H groups in total. The van der Waals surface area contributed by atoms with E-state index < -0.39 is 10.0 Å². The molecule has 1 heterocycles. The predicted molar refractivity (Wildman–Crippen MR) is 76.7 cm³/mol. The number of carbonyl (C=O) groups is 1. The molecule has 1 aliphatic heterocycles. The van der Waals surface area contributed by atoms with Gasteiger partial charge >= 0.3 is 0 Å². The zero-order valence-corrected chi connectivity index (χ0v) is 12.0. The van der Waals surface area contributed by atoms with Crippen LogP contribution in [0.15, 0.2) is 23.1 Å². The number of primary sulfonamides is 1. The quantitative estimate of drug-likeness (QED) is 0.658. The Morgan fingerprint density at radius 3 is 2.70 bits per heavy atom. The maximum absolute atomic E-state index is 11.8. The summed E-state index contributed by atoms with van der Waals surface area (Å²) in [6, 6.07) is 4.26. The van der Waals surface area contributed by atoms with E-state index in [-0.39, 0.29) is 22.5 Å². The van der Waals surface area contributed by atoms with Gasteiger partial charge in [-0.25, -0.2) is 13.6 Å². The van der Waals surface area contributed by atoms with Crippen molar-refractivity contribution in [1.82, 2.24) is 5.32 Å². The summed E-state index contributed by atoms with van der Waals surface area (Å²) in [6.45, 7) is 3.12. The Morgan fingerprint density at radius 1 is 1.45 bits per heavy atom. The molecule has 0 radical (unpaired) electrons. The van der Waals surface area contributed by atoms with Crippen LogP contribution in [0.2, 0.25) is 0 Å². The second-order valence-electron chi connectivity index (χ2n) is 4.68. The van der Waals surface area contributed by atoms with Gasteiger partial charge in [0.05, 0.1) is 5.69 Å². The van der Waals surface area contributed by atoms with Crippen molar-refractivity contribution < 1.29 is 13.2 Å². The van der Waals surface area contributed by atoms with E-state index in [4.69, 9.17) is 10.9 Å². The van der Waals surface area contributed by atoms with Crippen LogP contribution in [0.3, 0.4) is 0 Å². The number of sulfonamides is 1. The molecule has 1 amide bonds. The Morgan fingerprint density at radius 2 is 2.15 bits per heavy atom.